The van der Waals surface area contributed by atoms with E-state index < -0.39 is 0 Å². The van der Waals surface area contributed by atoms with E-state index in [-0.39, 0.29) is 0 Å². The Hall–Kier alpha value is -1.61. The lowest BCUT2D eigenvalue weighted by atomic mass is 10.2. The van der Waals surface area contributed by atoms with E-state index in [4.69, 9.17) is 11.6 Å². The number of hydrogen-bond acceptors (Lipinski definition) is 3. The smallest absolute Gasteiger partial charge is 0.224 e. The number of aromatic nitrogens is 2. The van der Waals surface area contributed by atoms with E-state index in [1.54, 1.807) is 0 Å². The lowest BCUT2D eigenvalue weighted by Crippen LogP contribution is -2.14. The van der Waals surface area contributed by atoms with Crippen molar-refractivity contribution in [2.75, 3.05) is 11.9 Å². The third-order valence-corrected chi connectivity index (χ3v) is 3.51. The van der Waals surface area contributed by atoms with Crippen LogP contribution in [0, 0.1) is 0 Å². The quantitative estimate of drug-likeness (QED) is 0.774. The Morgan fingerprint density at radius 1 is 1.11 bits per heavy atom. The molecule has 2 aromatic rings. The molecule has 92 valence electrons. The number of rotatable bonds is 2. The molecule has 0 saturated heterocycles. The van der Waals surface area contributed by atoms with E-state index >= 15 is 0 Å². The van der Waals surface area contributed by atoms with E-state index in [0.717, 1.165) is 36.5 Å². The average molecular weight is 260 g/mol. The van der Waals surface area contributed by atoms with E-state index in [1.165, 1.54) is 5.56 Å². The van der Waals surface area contributed by atoms with Gasteiger partial charge in [-0.2, -0.15) is 4.98 Å². The number of fused-ring (bicyclic) bond motifs is 1. The van der Waals surface area contributed by atoms with Crippen LogP contribution >= 0.6 is 11.6 Å². The van der Waals surface area contributed by atoms with E-state index in [9.17, 15) is 0 Å². The number of para-hydroxylation sites is 1. The first kappa shape index (κ1) is 11.5. The third-order valence-electron chi connectivity index (χ3n) is 3.35. The topological polar surface area (TPSA) is 29.0 Å². The summed E-state index contributed by atoms with van der Waals surface area (Å²) in [6, 6.07) is 10.2. The zero-order valence-electron chi connectivity index (χ0n) is 10.2. The molecule has 0 amide bonds. The van der Waals surface area contributed by atoms with Gasteiger partial charge >= 0.3 is 0 Å². The Morgan fingerprint density at radius 3 is 2.67 bits per heavy atom. The number of aryl methyl sites for hydroxylation is 1. The summed E-state index contributed by atoms with van der Waals surface area (Å²) in [6.07, 6.45) is 3.19. The summed E-state index contributed by atoms with van der Waals surface area (Å²) < 4.78 is 0. The zero-order valence-corrected chi connectivity index (χ0v) is 11.0. The first-order chi connectivity index (χ1) is 8.75. The van der Waals surface area contributed by atoms with Gasteiger partial charge in [0.15, 0.2) is 0 Å². The second-order valence-electron chi connectivity index (χ2n) is 4.49. The van der Waals surface area contributed by atoms with Gasteiger partial charge in [0.1, 0.15) is 5.82 Å². The molecule has 0 N–H and O–H groups in total. The highest BCUT2D eigenvalue weighted by Crippen LogP contribution is 2.32. The van der Waals surface area contributed by atoms with Gasteiger partial charge in [0.25, 0.3) is 0 Å². The van der Waals surface area contributed by atoms with Crippen molar-refractivity contribution in [2.45, 2.75) is 19.3 Å². The lowest BCUT2D eigenvalue weighted by molar-refractivity contribution is 0.899. The van der Waals surface area contributed by atoms with Gasteiger partial charge in [-0.3, -0.25) is 0 Å². The van der Waals surface area contributed by atoms with Gasteiger partial charge < -0.3 is 4.90 Å². The number of hydrogen-bond donors (Lipinski definition) is 0. The van der Waals surface area contributed by atoms with Crippen LogP contribution in [0.1, 0.15) is 17.7 Å². The van der Waals surface area contributed by atoms with Crippen molar-refractivity contribution >= 4 is 23.1 Å². The normalized spacial score (nSPS) is 13.4. The molecule has 1 aromatic carbocycles. The fraction of sp³-hybridized carbons (Fsp3) is 0.286. The summed E-state index contributed by atoms with van der Waals surface area (Å²) in [5.74, 6) is 0.939. The second-order valence-corrected chi connectivity index (χ2v) is 4.83. The molecule has 0 fully saturated rings. The zero-order chi connectivity index (χ0) is 12.5. The number of anilines is 2. The predicted molar refractivity (Wildman–Crippen MR) is 73.6 cm³/mol. The summed E-state index contributed by atoms with van der Waals surface area (Å²) in [5.41, 5.74) is 3.46. The molecule has 0 spiro atoms. The molecule has 1 heterocycles. The molecule has 3 rings (SSSR count). The van der Waals surface area contributed by atoms with Crippen LogP contribution in [0.2, 0.25) is 5.28 Å². The maximum atomic E-state index is 6.01. The van der Waals surface area contributed by atoms with Crippen LogP contribution in [-0.4, -0.2) is 17.0 Å². The van der Waals surface area contributed by atoms with Crippen LogP contribution in [0.4, 0.5) is 11.5 Å². The third kappa shape index (κ3) is 1.95. The highest BCUT2D eigenvalue weighted by molar-refractivity contribution is 6.28. The Morgan fingerprint density at radius 2 is 1.89 bits per heavy atom. The maximum absolute atomic E-state index is 6.01. The Labute approximate surface area is 111 Å². The first-order valence-corrected chi connectivity index (χ1v) is 6.47. The molecular weight excluding hydrogens is 246 g/mol. The molecule has 0 aliphatic heterocycles. The Kier molecular flexibility index (Phi) is 2.92. The fourth-order valence-electron chi connectivity index (χ4n) is 2.43. The molecule has 4 heteroatoms. The Balaban J connectivity index is 2.07. The van der Waals surface area contributed by atoms with Gasteiger partial charge in [0.2, 0.25) is 5.28 Å². The summed E-state index contributed by atoms with van der Waals surface area (Å²) in [6.45, 7) is 0. The summed E-state index contributed by atoms with van der Waals surface area (Å²) >= 11 is 6.01. The van der Waals surface area contributed by atoms with Crippen molar-refractivity contribution < 1.29 is 0 Å². The lowest BCUT2D eigenvalue weighted by Gasteiger charge is -2.21. The van der Waals surface area contributed by atoms with E-state index in [0.29, 0.717) is 5.28 Å². The molecule has 1 aromatic heterocycles. The number of halogens is 1. The molecule has 0 saturated carbocycles. The van der Waals surface area contributed by atoms with Gasteiger partial charge in [0.05, 0.1) is 5.69 Å². The van der Waals surface area contributed by atoms with Gasteiger partial charge in [-0.1, -0.05) is 18.2 Å². The van der Waals surface area contributed by atoms with Crippen LogP contribution in [0.5, 0.6) is 0 Å². The van der Waals surface area contributed by atoms with Crippen LogP contribution in [-0.2, 0) is 12.8 Å². The number of benzene rings is 1. The van der Waals surface area contributed by atoms with Crippen molar-refractivity contribution in [2.24, 2.45) is 0 Å². The predicted octanol–water partition coefficient (Wildman–Crippen LogP) is 3.39. The van der Waals surface area contributed by atoms with Crippen LogP contribution in [0.15, 0.2) is 30.3 Å². The van der Waals surface area contributed by atoms with E-state index in [2.05, 4.69) is 27.0 Å². The second kappa shape index (κ2) is 4.58. The monoisotopic (exact) mass is 259 g/mol. The molecule has 3 nitrogen and oxygen atoms in total. The molecule has 0 bridgehead atoms. The van der Waals surface area contributed by atoms with Gasteiger partial charge in [-0.05, 0) is 43.0 Å². The van der Waals surface area contributed by atoms with Crippen LogP contribution in [0.25, 0.3) is 0 Å². The van der Waals surface area contributed by atoms with Crippen LogP contribution in [0.3, 0.4) is 0 Å². The molecule has 0 atom stereocenters. The highest BCUT2D eigenvalue weighted by atomic mass is 35.5. The number of nitrogens with zero attached hydrogens (tertiary/aromatic N) is 3. The van der Waals surface area contributed by atoms with Crippen LogP contribution < -0.4 is 4.90 Å². The van der Waals surface area contributed by atoms with Crippen molar-refractivity contribution in [1.82, 2.24) is 9.97 Å². The van der Waals surface area contributed by atoms with Gasteiger partial charge in [0, 0.05) is 18.3 Å². The van der Waals surface area contributed by atoms with Gasteiger partial charge in [-0.15, -0.1) is 0 Å². The van der Waals surface area contributed by atoms with Crippen molar-refractivity contribution in [3.8, 4) is 0 Å². The summed E-state index contributed by atoms with van der Waals surface area (Å²) in [7, 11) is 2.02. The maximum Gasteiger partial charge on any atom is 0.224 e. The summed E-state index contributed by atoms with van der Waals surface area (Å²) in [4.78, 5) is 10.8. The van der Waals surface area contributed by atoms with E-state index in [1.807, 2.05) is 25.2 Å². The SMILES string of the molecule is CN(c1ccccc1)c1nc(Cl)nc2c1CCC2. The molecular formula is C14H14ClN3. The molecule has 0 unspecified atom stereocenters. The van der Waals surface area contributed by atoms with Crippen molar-refractivity contribution in [3.63, 3.8) is 0 Å². The largest absolute Gasteiger partial charge is 0.329 e. The summed E-state index contributed by atoms with van der Waals surface area (Å²) in [5, 5.41) is 0.341. The van der Waals surface area contributed by atoms with Crippen molar-refractivity contribution in [3.05, 3.63) is 46.9 Å². The Bertz CT molecular complexity index is 569. The molecule has 18 heavy (non-hydrogen) atoms. The average Bonchev–Trinajstić information content (AvgIpc) is 2.86. The molecule has 1 aliphatic rings. The van der Waals surface area contributed by atoms with Crippen molar-refractivity contribution in [1.29, 1.82) is 0 Å². The minimum atomic E-state index is 0.341. The highest BCUT2D eigenvalue weighted by Gasteiger charge is 2.21. The minimum Gasteiger partial charge on any atom is -0.329 e. The minimum absolute atomic E-state index is 0.341. The molecule has 1 aliphatic carbocycles. The van der Waals surface area contributed by atoms with Gasteiger partial charge in [-0.25, -0.2) is 4.98 Å². The standard InChI is InChI=1S/C14H14ClN3/c1-18(10-6-3-2-4-7-10)13-11-8-5-9-12(11)16-14(15)17-13/h2-4,6-7H,5,8-9H2,1H3. The fourth-order valence-corrected chi connectivity index (χ4v) is 2.62. The molecule has 0 radical (unpaired) electrons. The first-order valence-electron chi connectivity index (χ1n) is 6.10.